The molecule has 1 amide bonds. The summed E-state index contributed by atoms with van der Waals surface area (Å²) in [6, 6.07) is -0.0355. The van der Waals surface area contributed by atoms with Gasteiger partial charge in [0, 0.05) is 6.04 Å². The highest BCUT2D eigenvalue weighted by Crippen LogP contribution is 2.30. The average molecular weight is 232 g/mol. The summed E-state index contributed by atoms with van der Waals surface area (Å²) in [6.07, 6.45) is 1.22. The molecule has 1 saturated carbocycles. The van der Waals surface area contributed by atoms with Gasteiger partial charge < -0.3 is 11.1 Å². The summed E-state index contributed by atoms with van der Waals surface area (Å²) in [6.45, 7) is 1.78. The number of carbonyl (C=O) groups excluding carboxylic acids is 1. The highest BCUT2D eigenvalue weighted by Gasteiger charge is 2.45. The monoisotopic (exact) mass is 232 g/mol. The molecule has 0 aromatic heterocycles. The fraction of sp³-hybridized carbons (Fsp3) is 0.889. The normalized spacial score (nSPS) is 42.5. The van der Waals surface area contributed by atoms with E-state index in [9.17, 15) is 13.2 Å². The zero-order valence-electron chi connectivity index (χ0n) is 8.69. The lowest BCUT2D eigenvalue weighted by atomic mass is 10.0. The van der Waals surface area contributed by atoms with Gasteiger partial charge in [0.05, 0.1) is 23.0 Å². The Labute approximate surface area is 89.3 Å². The molecule has 2 fully saturated rings. The number of amides is 1. The van der Waals surface area contributed by atoms with E-state index in [1.807, 2.05) is 0 Å². The molecule has 2 aliphatic rings. The van der Waals surface area contributed by atoms with Gasteiger partial charge in [-0.3, -0.25) is 4.79 Å². The highest BCUT2D eigenvalue weighted by molar-refractivity contribution is 7.91. The van der Waals surface area contributed by atoms with E-state index >= 15 is 0 Å². The van der Waals surface area contributed by atoms with Crippen LogP contribution >= 0.6 is 0 Å². The molecule has 5 nitrogen and oxygen atoms in total. The van der Waals surface area contributed by atoms with Crippen LogP contribution in [0, 0.1) is 5.92 Å². The molecule has 3 N–H and O–H groups in total. The Morgan fingerprint density at radius 1 is 1.53 bits per heavy atom. The van der Waals surface area contributed by atoms with E-state index < -0.39 is 15.4 Å². The van der Waals surface area contributed by atoms with Crippen molar-refractivity contribution in [2.75, 3.05) is 11.5 Å². The van der Waals surface area contributed by atoms with Crippen LogP contribution in [0.3, 0.4) is 0 Å². The van der Waals surface area contributed by atoms with Crippen LogP contribution in [-0.2, 0) is 14.6 Å². The number of hydrogen-bond acceptors (Lipinski definition) is 4. The number of nitrogens with one attached hydrogen (secondary N) is 1. The van der Waals surface area contributed by atoms with Crippen molar-refractivity contribution in [3.05, 3.63) is 0 Å². The van der Waals surface area contributed by atoms with Crippen molar-refractivity contribution >= 4 is 15.7 Å². The predicted octanol–water partition coefficient (Wildman–Crippen LogP) is -0.973. The maximum atomic E-state index is 11.6. The number of rotatable bonds is 2. The third kappa shape index (κ3) is 2.31. The van der Waals surface area contributed by atoms with Crippen LogP contribution in [0.15, 0.2) is 0 Å². The number of nitrogens with two attached hydrogens (primary N) is 1. The molecule has 3 unspecified atom stereocenters. The summed E-state index contributed by atoms with van der Waals surface area (Å²) >= 11 is 0. The summed E-state index contributed by atoms with van der Waals surface area (Å²) in [5.41, 5.74) is 4.97. The zero-order valence-corrected chi connectivity index (χ0v) is 9.51. The van der Waals surface area contributed by atoms with Gasteiger partial charge in [0.2, 0.25) is 5.91 Å². The molecule has 2 rings (SSSR count). The first kappa shape index (κ1) is 10.9. The van der Waals surface area contributed by atoms with Crippen molar-refractivity contribution in [2.45, 2.75) is 31.3 Å². The minimum Gasteiger partial charge on any atom is -0.350 e. The second-order valence-electron chi connectivity index (χ2n) is 4.90. The van der Waals surface area contributed by atoms with Crippen LogP contribution < -0.4 is 11.1 Å². The van der Waals surface area contributed by atoms with E-state index in [0.717, 1.165) is 0 Å². The third-order valence-corrected chi connectivity index (χ3v) is 5.01. The molecule has 0 radical (unpaired) electrons. The smallest absolute Gasteiger partial charge is 0.225 e. The van der Waals surface area contributed by atoms with Crippen molar-refractivity contribution in [3.8, 4) is 0 Å². The first-order chi connectivity index (χ1) is 6.81. The maximum absolute atomic E-state index is 11.6. The predicted molar refractivity (Wildman–Crippen MR) is 55.9 cm³/mol. The second kappa shape index (κ2) is 3.18. The largest absolute Gasteiger partial charge is 0.350 e. The summed E-state index contributed by atoms with van der Waals surface area (Å²) in [5, 5.41) is 2.81. The van der Waals surface area contributed by atoms with E-state index in [1.165, 1.54) is 0 Å². The van der Waals surface area contributed by atoms with E-state index in [4.69, 9.17) is 5.73 Å². The van der Waals surface area contributed by atoms with Crippen LogP contribution in [0.25, 0.3) is 0 Å². The fourth-order valence-corrected chi connectivity index (χ4v) is 4.11. The molecule has 0 aromatic carbocycles. The van der Waals surface area contributed by atoms with Gasteiger partial charge >= 0.3 is 0 Å². The molecule has 6 heteroatoms. The summed E-state index contributed by atoms with van der Waals surface area (Å²) in [5.74, 6) is 0.0148. The van der Waals surface area contributed by atoms with Crippen molar-refractivity contribution in [1.29, 1.82) is 0 Å². The van der Waals surface area contributed by atoms with Gasteiger partial charge in [-0.2, -0.15) is 0 Å². The van der Waals surface area contributed by atoms with Crippen molar-refractivity contribution in [1.82, 2.24) is 5.32 Å². The number of hydrogen-bond donors (Lipinski definition) is 2. The Bertz CT molecular complexity index is 392. The van der Waals surface area contributed by atoms with Crippen LogP contribution in [0.4, 0.5) is 0 Å². The Morgan fingerprint density at radius 3 is 2.53 bits per heavy atom. The van der Waals surface area contributed by atoms with Gasteiger partial charge in [-0.25, -0.2) is 8.42 Å². The van der Waals surface area contributed by atoms with Crippen molar-refractivity contribution < 1.29 is 13.2 Å². The molecule has 1 heterocycles. The lowest BCUT2D eigenvalue weighted by Gasteiger charge is -2.23. The molecule has 0 spiro atoms. The molecule has 1 aliphatic carbocycles. The van der Waals surface area contributed by atoms with Gasteiger partial charge in [0.1, 0.15) is 0 Å². The molecular formula is C9H16N2O3S. The summed E-state index contributed by atoms with van der Waals surface area (Å²) < 4.78 is 22.6. The van der Waals surface area contributed by atoms with Crippen molar-refractivity contribution in [3.63, 3.8) is 0 Å². The van der Waals surface area contributed by atoms with E-state index in [1.54, 1.807) is 6.92 Å². The van der Waals surface area contributed by atoms with Crippen LogP contribution in [0.1, 0.15) is 19.8 Å². The summed E-state index contributed by atoms with van der Waals surface area (Å²) in [7, 11) is -2.96. The lowest BCUT2D eigenvalue weighted by molar-refractivity contribution is -0.123. The van der Waals surface area contributed by atoms with Gasteiger partial charge in [-0.05, 0) is 19.8 Å². The van der Waals surface area contributed by atoms with Crippen LogP contribution in [0.5, 0.6) is 0 Å². The third-order valence-electron chi connectivity index (χ3n) is 3.10. The van der Waals surface area contributed by atoms with Gasteiger partial charge in [0.15, 0.2) is 9.84 Å². The van der Waals surface area contributed by atoms with Gasteiger partial charge in [0.25, 0.3) is 0 Å². The average Bonchev–Trinajstić information content (AvgIpc) is 2.72. The first-order valence-electron chi connectivity index (χ1n) is 5.09. The van der Waals surface area contributed by atoms with Crippen molar-refractivity contribution in [2.24, 2.45) is 11.7 Å². The van der Waals surface area contributed by atoms with Crippen LogP contribution in [0.2, 0.25) is 0 Å². The molecular weight excluding hydrogens is 216 g/mol. The van der Waals surface area contributed by atoms with Crippen LogP contribution in [-0.4, -0.2) is 37.4 Å². The second-order valence-corrected chi connectivity index (χ2v) is 7.08. The molecule has 1 aliphatic heterocycles. The number of sulfone groups is 1. The summed E-state index contributed by atoms with van der Waals surface area (Å²) in [4.78, 5) is 11.6. The zero-order chi connectivity index (χ0) is 11.3. The molecule has 1 saturated heterocycles. The minimum absolute atomic E-state index is 0.0355. The van der Waals surface area contributed by atoms with Gasteiger partial charge in [-0.1, -0.05) is 0 Å². The van der Waals surface area contributed by atoms with Gasteiger partial charge in [-0.15, -0.1) is 0 Å². The Kier molecular flexibility index (Phi) is 2.31. The standard InChI is InChI=1S/C9H16N2O3S/c1-9(2-3-15(13,14)5-9)11-8(12)6-4-7(6)10/h6-7H,2-5,10H2,1H3,(H,11,12). The number of carbonyl (C=O) groups is 1. The maximum Gasteiger partial charge on any atom is 0.225 e. The SMILES string of the molecule is CC1(NC(=O)C2CC2N)CCS(=O)(=O)C1. The minimum atomic E-state index is -2.96. The molecule has 86 valence electrons. The molecule has 0 aromatic rings. The molecule has 0 bridgehead atoms. The van der Waals surface area contributed by atoms with E-state index in [2.05, 4.69) is 5.32 Å². The lowest BCUT2D eigenvalue weighted by Crippen LogP contribution is -2.48. The molecule has 3 atom stereocenters. The Balaban J connectivity index is 1.97. The quantitative estimate of drug-likeness (QED) is 0.641. The highest BCUT2D eigenvalue weighted by atomic mass is 32.2. The van der Waals surface area contributed by atoms with E-state index in [0.29, 0.717) is 12.8 Å². The molecule has 15 heavy (non-hydrogen) atoms. The Morgan fingerprint density at radius 2 is 2.13 bits per heavy atom. The Hall–Kier alpha value is -0.620. The fourth-order valence-electron chi connectivity index (χ4n) is 2.02. The first-order valence-corrected chi connectivity index (χ1v) is 6.92. The van der Waals surface area contributed by atoms with E-state index in [-0.39, 0.29) is 29.4 Å². The topological polar surface area (TPSA) is 89.3 Å².